The van der Waals surface area contributed by atoms with Crippen molar-refractivity contribution < 1.29 is 13.2 Å². The van der Waals surface area contributed by atoms with Crippen LogP contribution in [0.15, 0.2) is 42.6 Å². The zero-order chi connectivity index (χ0) is 19.6. The molecular weight excluding hydrogens is 362 g/mol. The van der Waals surface area contributed by atoms with Gasteiger partial charge in [-0.2, -0.15) is 0 Å². The molecule has 27 heavy (non-hydrogen) atoms. The number of likely N-dealkylation sites (N-methyl/N-ethyl adjacent to an activating group) is 1. The lowest BCUT2D eigenvalue weighted by Gasteiger charge is -2.29. The number of carbonyl (C=O) groups is 1. The molecule has 2 atom stereocenters. The fourth-order valence-corrected chi connectivity index (χ4v) is 4.88. The molecule has 0 saturated carbocycles. The number of benzene rings is 1. The number of allylic oxidation sites excluding steroid dienone is 1. The van der Waals surface area contributed by atoms with Crippen molar-refractivity contribution >= 4 is 16.1 Å². The number of nitrogens with zero attached hydrogens (tertiary/aromatic N) is 3. The van der Waals surface area contributed by atoms with Crippen molar-refractivity contribution in [2.24, 2.45) is 5.92 Å². The summed E-state index contributed by atoms with van der Waals surface area (Å²) in [5.74, 6) is 0.460. The van der Waals surface area contributed by atoms with Crippen LogP contribution in [0.2, 0.25) is 0 Å². The molecule has 3 rings (SSSR count). The summed E-state index contributed by atoms with van der Waals surface area (Å²) in [6.45, 7) is 3.25. The maximum absolute atomic E-state index is 12.7. The Morgan fingerprint density at radius 2 is 1.78 bits per heavy atom. The monoisotopic (exact) mass is 391 g/mol. The Morgan fingerprint density at radius 3 is 2.37 bits per heavy atom. The summed E-state index contributed by atoms with van der Waals surface area (Å²) in [4.78, 5) is 16.3. The first-order valence-electron chi connectivity index (χ1n) is 9.51. The van der Waals surface area contributed by atoms with Crippen molar-refractivity contribution in [3.63, 3.8) is 0 Å². The summed E-state index contributed by atoms with van der Waals surface area (Å²) in [6.07, 6.45) is 7.85. The highest BCUT2D eigenvalue weighted by atomic mass is 32.2. The van der Waals surface area contributed by atoms with Crippen molar-refractivity contribution in [3.05, 3.63) is 48.2 Å². The van der Waals surface area contributed by atoms with Crippen LogP contribution in [0.1, 0.15) is 37.8 Å². The van der Waals surface area contributed by atoms with Gasteiger partial charge in [-0.1, -0.05) is 36.4 Å². The fraction of sp³-hybridized carbons (Fsp3) is 0.550. The van der Waals surface area contributed by atoms with Gasteiger partial charge in [0, 0.05) is 26.3 Å². The van der Waals surface area contributed by atoms with Crippen LogP contribution in [0.25, 0.3) is 0 Å². The molecule has 2 aliphatic heterocycles. The topological polar surface area (TPSA) is 60.9 Å². The van der Waals surface area contributed by atoms with Crippen molar-refractivity contribution in [2.45, 2.75) is 38.3 Å². The number of piperidine rings is 1. The maximum Gasteiger partial charge on any atom is 0.324 e. The Hall–Kier alpha value is -1.86. The number of hydrogen-bond acceptors (Lipinski definition) is 3. The van der Waals surface area contributed by atoms with Gasteiger partial charge in [-0.15, -0.1) is 0 Å². The van der Waals surface area contributed by atoms with Gasteiger partial charge in [0.15, 0.2) is 0 Å². The van der Waals surface area contributed by atoms with Crippen LogP contribution in [-0.2, 0) is 10.0 Å². The highest BCUT2D eigenvalue weighted by Gasteiger charge is 2.41. The first kappa shape index (κ1) is 19.9. The second kappa shape index (κ2) is 8.02. The van der Waals surface area contributed by atoms with Gasteiger partial charge in [-0.05, 0) is 37.7 Å². The number of hydrogen-bond donors (Lipinski definition) is 0. The molecule has 1 aromatic rings. The van der Waals surface area contributed by atoms with E-state index in [1.165, 1.54) is 6.26 Å². The van der Waals surface area contributed by atoms with E-state index in [2.05, 4.69) is 25.1 Å². The summed E-state index contributed by atoms with van der Waals surface area (Å²) in [5.41, 5.74) is 1.13. The molecule has 0 aliphatic carbocycles. The van der Waals surface area contributed by atoms with Crippen molar-refractivity contribution in [1.82, 2.24) is 14.1 Å². The predicted octanol–water partition coefficient (Wildman–Crippen LogP) is 3.06. The molecule has 0 N–H and O–H groups in total. The van der Waals surface area contributed by atoms with Crippen LogP contribution < -0.4 is 0 Å². The highest BCUT2D eigenvalue weighted by Crippen LogP contribution is 2.34. The first-order valence-corrected chi connectivity index (χ1v) is 11.4. The quantitative estimate of drug-likeness (QED) is 0.775. The molecule has 1 aromatic carbocycles. The lowest BCUT2D eigenvalue weighted by atomic mass is 9.94. The number of carbonyl (C=O) groups excluding carboxylic acids is 1. The predicted molar refractivity (Wildman–Crippen MR) is 107 cm³/mol. The van der Waals surface area contributed by atoms with E-state index in [4.69, 9.17) is 0 Å². The van der Waals surface area contributed by atoms with E-state index in [0.29, 0.717) is 19.0 Å². The SMILES string of the molecule is C[C@H]1[C@@H](c2ccccc2)N(C=CCC2CCN(S(C)(=O)=O)CC2)C(=O)N1C. The Balaban J connectivity index is 1.64. The molecule has 0 bridgehead atoms. The molecule has 0 spiro atoms. The maximum atomic E-state index is 12.7. The van der Waals surface area contributed by atoms with Gasteiger partial charge >= 0.3 is 6.03 Å². The lowest BCUT2D eigenvalue weighted by molar-refractivity contribution is 0.204. The molecule has 2 fully saturated rings. The molecule has 6 nitrogen and oxygen atoms in total. The Labute approximate surface area is 162 Å². The second-order valence-electron chi connectivity index (χ2n) is 7.62. The fourth-order valence-electron chi connectivity index (χ4n) is 4.01. The molecule has 0 unspecified atom stereocenters. The zero-order valence-corrected chi connectivity index (χ0v) is 17.1. The van der Waals surface area contributed by atoms with E-state index in [0.717, 1.165) is 24.8 Å². The molecule has 2 heterocycles. The Morgan fingerprint density at radius 1 is 1.15 bits per heavy atom. The van der Waals surface area contributed by atoms with E-state index in [9.17, 15) is 13.2 Å². The third-order valence-electron chi connectivity index (χ3n) is 5.81. The molecule has 7 heteroatoms. The van der Waals surface area contributed by atoms with Crippen LogP contribution >= 0.6 is 0 Å². The van der Waals surface area contributed by atoms with Gasteiger partial charge < -0.3 is 4.90 Å². The minimum atomic E-state index is -3.08. The van der Waals surface area contributed by atoms with E-state index >= 15 is 0 Å². The van der Waals surface area contributed by atoms with Gasteiger partial charge in [-0.3, -0.25) is 4.90 Å². The average molecular weight is 392 g/mol. The zero-order valence-electron chi connectivity index (χ0n) is 16.3. The van der Waals surface area contributed by atoms with Gasteiger partial charge in [0.05, 0.1) is 18.3 Å². The van der Waals surface area contributed by atoms with Crippen LogP contribution in [-0.4, -0.2) is 61.0 Å². The molecule has 2 amide bonds. The second-order valence-corrected chi connectivity index (χ2v) is 9.61. The van der Waals surface area contributed by atoms with Crippen molar-refractivity contribution in [1.29, 1.82) is 0 Å². The van der Waals surface area contributed by atoms with Gasteiger partial charge in [0.1, 0.15) is 0 Å². The smallest absolute Gasteiger partial charge is 0.322 e. The summed E-state index contributed by atoms with van der Waals surface area (Å²) < 4.78 is 24.8. The minimum Gasteiger partial charge on any atom is -0.322 e. The largest absolute Gasteiger partial charge is 0.324 e. The summed E-state index contributed by atoms with van der Waals surface area (Å²) in [5, 5.41) is 0. The highest BCUT2D eigenvalue weighted by molar-refractivity contribution is 7.88. The molecule has 0 aromatic heterocycles. The van der Waals surface area contributed by atoms with Crippen molar-refractivity contribution in [2.75, 3.05) is 26.4 Å². The van der Waals surface area contributed by atoms with Crippen LogP contribution in [0.4, 0.5) is 4.79 Å². The number of amides is 2. The third-order valence-corrected chi connectivity index (χ3v) is 7.11. The van der Waals surface area contributed by atoms with E-state index in [-0.39, 0.29) is 18.1 Å². The standard InChI is InChI=1S/C20H29N3O3S/c1-16-19(18-9-5-4-6-10-18)23(20(24)21(16)2)13-7-8-17-11-14-22(15-12-17)27(3,25)26/h4-7,9-10,13,16-17,19H,8,11-12,14-15H2,1-3H3/t16-,19-/m0/s1. The van der Waals surface area contributed by atoms with E-state index < -0.39 is 10.0 Å². The summed E-state index contributed by atoms with van der Waals surface area (Å²) in [6, 6.07) is 10.2. The molecule has 0 radical (unpaired) electrons. The molecular formula is C20H29N3O3S. The normalized spacial score (nSPS) is 25.7. The van der Waals surface area contributed by atoms with Gasteiger partial charge in [-0.25, -0.2) is 17.5 Å². The Kier molecular flexibility index (Phi) is 5.91. The average Bonchev–Trinajstić information content (AvgIpc) is 2.86. The minimum absolute atomic E-state index is 0.00651. The van der Waals surface area contributed by atoms with Crippen LogP contribution in [0, 0.1) is 5.92 Å². The third kappa shape index (κ3) is 4.35. The van der Waals surface area contributed by atoms with Crippen molar-refractivity contribution in [3.8, 4) is 0 Å². The van der Waals surface area contributed by atoms with Gasteiger partial charge in [0.25, 0.3) is 0 Å². The lowest BCUT2D eigenvalue weighted by Crippen LogP contribution is -2.37. The molecule has 2 saturated heterocycles. The van der Waals surface area contributed by atoms with Crippen LogP contribution in [0.3, 0.4) is 0 Å². The Bertz CT molecular complexity index is 786. The van der Waals surface area contributed by atoms with E-state index in [1.807, 2.05) is 36.3 Å². The van der Waals surface area contributed by atoms with Gasteiger partial charge in [0.2, 0.25) is 10.0 Å². The first-order chi connectivity index (χ1) is 12.8. The molecule has 2 aliphatic rings. The van der Waals surface area contributed by atoms with E-state index in [1.54, 1.807) is 9.21 Å². The molecule has 148 valence electrons. The number of urea groups is 1. The summed E-state index contributed by atoms with van der Waals surface area (Å²) in [7, 11) is -1.24. The number of rotatable bonds is 5. The van der Waals surface area contributed by atoms with Crippen LogP contribution in [0.5, 0.6) is 0 Å². The summed E-state index contributed by atoms with van der Waals surface area (Å²) >= 11 is 0. The number of sulfonamides is 1.